The quantitative estimate of drug-likeness (QED) is 0.901. The summed E-state index contributed by atoms with van der Waals surface area (Å²) in [6.45, 7) is 7.98. The molecule has 2 N–H and O–H groups in total. The van der Waals surface area contributed by atoms with E-state index in [4.69, 9.17) is 5.73 Å². The summed E-state index contributed by atoms with van der Waals surface area (Å²) in [5.74, 6) is -0.00148. The predicted molar refractivity (Wildman–Crippen MR) is 72.9 cm³/mol. The number of thiophene rings is 1. The number of carbonyl (C=O) groups excluding carboxylic acids is 1. The minimum atomic E-state index is -0.463. The van der Waals surface area contributed by atoms with E-state index in [1.165, 1.54) is 4.88 Å². The van der Waals surface area contributed by atoms with Crippen LogP contribution in [0.4, 0.5) is 0 Å². The Morgan fingerprint density at radius 2 is 2.06 bits per heavy atom. The fraction of sp³-hybridized carbons (Fsp3) is 0.615. The Hall–Kier alpha value is -0.870. The van der Waals surface area contributed by atoms with Crippen molar-refractivity contribution in [3.63, 3.8) is 0 Å². The van der Waals surface area contributed by atoms with Crippen LogP contribution in [0.3, 0.4) is 0 Å². The fourth-order valence-corrected chi connectivity index (χ4v) is 2.33. The van der Waals surface area contributed by atoms with Gasteiger partial charge in [0.05, 0.1) is 12.1 Å². The van der Waals surface area contributed by atoms with Gasteiger partial charge in [-0.2, -0.15) is 0 Å². The van der Waals surface area contributed by atoms with E-state index in [-0.39, 0.29) is 17.4 Å². The van der Waals surface area contributed by atoms with Gasteiger partial charge in [0.15, 0.2) is 0 Å². The molecule has 0 aliphatic rings. The maximum absolute atomic E-state index is 12.2. The van der Waals surface area contributed by atoms with Gasteiger partial charge in [0.2, 0.25) is 5.91 Å². The molecule has 0 radical (unpaired) electrons. The lowest BCUT2D eigenvalue weighted by molar-refractivity contribution is -0.135. The Labute approximate surface area is 108 Å². The summed E-state index contributed by atoms with van der Waals surface area (Å²) in [7, 11) is 1.82. The predicted octanol–water partition coefficient (Wildman–Crippen LogP) is 2.64. The zero-order valence-electron chi connectivity index (χ0n) is 11.2. The molecule has 0 spiro atoms. The summed E-state index contributed by atoms with van der Waals surface area (Å²) in [6.07, 6.45) is 0. The molecule has 1 amide bonds. The topological polar surface area (TPSA) is 46.3 Å². The Bertz CT molecular complexity index is 367. The van der Waals surface area contributed by atoms with Crippen molar-refractivity contribution in [2.24, 2.45) is 11.1 Å². The van der Waals surface area contributed by atoms with Crippen molar-refractivity contribution in [3.8, 4) is 0 Å². The van der Waals surface area contributed by atoms with Crippen LogP contribution in [0.25, 0.3) is 0 Å². The molecular formula is C13H22N2OS. The Morgan fingerprint density at radius 1 is 1.47 bits per heavy atom. The highest BCUT2D eigenvalue weighted by molar-refractivity contribution is 7.10. The molecule has 3 nitrogen and oxygen atoms in total. The van der Waals surface area contributed by atoms with Crippen molar-refractivity contribution in [2.75, 3.05) is 7.05 Å². The Morgan fingerprint density at radius 3 is 2.47 bits per heavy atom. The number of nitrogens with zero attached hydrogens (tertiary/aromatic N) is 1. The van der Waals surface area contributed by atoms with E-state index in [2.05, 4.69) is 0 Å². The second-order valence-corrected chi connectivity index (χ2v) is 6.46. The molecule has 0 aliphatic heterocycles. The lowest BCUT2D eigenvalue weighted by atomic mass is 9.86. The van der Waals surface area contributed by atoms with Crippen LogP contribution < -0.4 is 5.73 Å². The van der Waals surface area contributed by atoms with Crippen LogP contribution in [-0.2, 0) is 4.79 Å². The second kappa shape index (κ2) is 5.19. The van der Waals surface area contributed by atoms with E-state index >= 15 is 0 Å². The van der Waals surface area contributed by atoms with Gasteiger partial charge in [0.1, 0.15) is 0 Å². The van der Waals surface area contributed by atoms with Crippen LogP contribution in [0.15, 0.2) is 17.5 Å². The normalized spacial score (nSPS) is 15.4. The summed E-state index contributed by atoms with van der Waals surface area (Å²) >= 11 is 1.66. The lowest BCUT2D eigenvalue weighted by Crippen LogP contribution is -2.49. The number of rotatable bonds is 3. The Kier molecular flexibility index (Phi) is 4.33. The zero-order chi connectivity index (χ0) is 13.2. The van der Waals surface area contributed by atoms with Crippen molar-refractivity contribution in [2.45, 2.75) is 39.8 Å². The number of carbonyl (C=O) groups is 1. The standard InChI is InChI=1S/C13H22N2OS/c1-9(10-7-6-8-17-10)15(5)12(16)11(14)13(2,3)4/h6-9,11H,14H2,1-5H3. The summed E-state index contributed by atoms with van der Waals surface area (Å²) in [6, 6.07) is 3.66. The molecule has 17 heavy (non-hydrogen) atoms. The molecule has 4 heteroatoms. The minimum absolute atomic E-state index is 0.00148. The van der Waals surface area contributed by atoms with Gasteiger partial charge >= 0.3 is 0 Å². The molecule has 0 saturated carbocycles. The average Bonchev–Trinajstić information content (AvgIpc) is 2.77. The Balaban J connectivity index is 2.77. The van der Waals surface area contributed by atoms with Crippen LogP contribution in [-0.4, -0.2) is 23.9 Å². The van der Waals surface area contributed by atoms with Gasteiger partial charge < -0.3 is 10.6 Å². The monoisotopic (exact) mass is 254 g/mol. The molecule has 96 valence electrons. The SMILES string of the molecule is CC(c1cccs1)N(C)C(=O)C(N)C(C)(C)C. The fourth-order valence-electron chi connectivity index (χ4n) is 1.50. The minimum Gasteiger partial charge on any atom is -0.337 e. The van der Waals surface area contributed by atoms with Gasteiger partial charge in [-0.3, -0.25) is 4.79 Å². The maximum Gasteiger partial charge on any atom is 0.240 e. The molecule has 2 unspecified atom stereocenters. The highest BCUT2D eigenvalue weighted by Gasteiger charge is 2.31. The van der Waals surface area contributed by atoms with Crippen molar-refractivity contribution in [3.05, 3.63) is 22.4 Å². The third-order valence-corrected chi connectivity index (χ3v) is 4.13. The van der Waals surface area contributed by atoms with Crippen LogP contribution in [0.2, 0.25) is 0 Å². The summed E-state index contributed by atoms with van der Waals surface area (Å²) < 4.78 is 0. The second-order valence-electron chi connectivity index (χ2n) is 5.48. The summed E-state index contributed by atoms with van der Waals surface area (Å²) in [5.41, 5.74) is 5.79. The van der Waals surface area contributed by atoms with Gasteiger partial charge in [0, 0.05) is 11.9 Å². The van der Waals surface area contributed by atoms with Crippen LogP contribution >= 0.6 is 11.3 Å². The molecular weight excluding hydrogens is 232 g/mol. The van der Waals surface area contributed by atoms with Crippen LogP contribution in [0.1, 0.15) is 38.6 Å². The molecule has 1 aromatic rings. The number of amides is 1. The van der Waals surface area contributed by atoms with Crippen molar-refractivity contribution in [1.29, 1.82) is 0 Å². The number of hydrogen-bond donors (Lipinski definition) is 1. The number of nitrogens with two attached hydrogens (primary N) is 1. The van der Waals surface area contributed by atoms with Gasteiger partial charge in [-0.05, 0) is 23.8 Å². The smallest absolute Gasteiger partial charge is 0.240 e. The molecule has 1 aromatic heterocycles. The first-order valence-corrected chi connectivity index (χ1v) is 6.68. The molecule has 0 aromatic carbocycles. The van der Waals surface area contributed by atoms with E-state index in [9.17, 15) is 4.79 Å². The van der Waals surface area contributed by atoms with Crippen LogP contribution in [0, 0.1) is 5.41 Å². The molecule has 0 bridgehead atoms. The van der Waals surface area contributed by atoms with E-state index < -0.39 is 6.04 Å². The molecule has 0 saturated heterocycles. The maximum atomic E-state index is 12.2. The average molecular weight is 254 g/mol. The summed E-state index contributed by atoms with van der Waals surface area (Å²) in [5, 5.41) is 2.02. The first-order chi connectivity index (χ1) is 7.75. The van der Waals surface area contributed by atoms with Gasteiger partial charge in [0.25, 0.3) is 0 Å². The molecule has 1 heterocycles. The van der Waals surface area contributed by atoms with Crippen molar-refractivity contribution >= 4 is 17.2 Å². The molecule has 2 atom stereocenters. The first-order valence-electron chi connectivity index (χ1n) is 5.81. The van der Waals surface area contributed by atoms with Gasteiger partial charge in [-0.25, -0.2) is 0 Å². The third-order valence-electron chi connectivity index (χ3n) is 3.08. The lowest BCUT2D eigenvalue weighted by Gasteiger charge is -2.32. The molecule has 0 aliphatic carbocycles. The van der Waals surface area contributed by atoms with Gasteiger partial charge in [-0.1, -0.05) is 26.8 Å². The highest BCUT2D eigenvalue weighted by atomic mass is 32.1. The van der Waals surface area contributed by atoms with Gasteiger partial charge in [-0.15, -0.1) is 11.3 Å². The van der Waals surface area contributed by atoms with Crippen molar-refractivity contribution in [1.82, 2.24) is 4.90 Å². The third kappa shape index (κ3) is 3.30. The zero-order valence-corrected chi connectivity index (χ0v) is 12.0. The summed E-state index contributed by atoms with van der Waals surface area (Å²) in [4.78, 5) is 15.2. The van der Waals surface area contributed by atoms with Crippen molar-refractivity contribution < 1.29 is 4.79 Å². The van der Waals surface area contributed by atoms with E-state index in [1.807, 2.05) is 52.3 Å². The van der Waals surface area contributed by atoms with Crippen LogP contribution in [0.5, 0.6) is 0 Å². The first kappa shape index (κ1) is 14.2. The number of likely N-dealkylation sites (N-methyl/N-ethyl adjacent to an activating group) is 1. The number of hydrogen-bond acceptors (Lipinski definition) is 3. The van der Waals surface area contributed by atoms with E-state index in [0.29, 0.717) is 0 Å². The highest BCUT2D eigenvalue weighted by Crippen LogP contribution is 2.26. The van der Waals surface area contributed by atoms with E-state index in [1.54, 1.807) is 16.2 Å². The van der Waals surface area contributed by atoms with E-state index in [0.717, 1.165) is 0 Å². The largest absolute Gasteiger partial charge is 0.337 e. The molecule has 0 fully saturated rings. The molecule has 1 rings (SSSR count).